The summed E-state index contributed by atoms with van der Waals surface area (Å²) in [7, 11) is 0. The first-order valence-corrected chi connectivity index (χ1v) is 12.0. The van der Waals surface area contributed by atoms with Crippen molar-refractivity contribution in [2.45, 2.75) is 24.4 Å². The topological polar surface area (TPSA) is 167 Å². The number of aliphatic carboxylic acids is 2. The van der Waals surface area contributed by atoms with E-state index in [-0.39, 0.29) is 22.1 Å². The Morgan fingerprint density at radius 1 is 1.26 bits per heavy atom. The van der Waals surface area contributed by atoms with Crippen LogP contribution in [0.2, 0.25) is 0 Å². The van der Waals surface area contributed by atoms with Crippen LogP contribution in [-0.2, 0) is 25.7 Å². The molecule has 0 bridgehead atoms. The van der Waals surface area contributed by atoms with Gasteiger partial charge in [0.1, 0.15) is 17.1 Å². The fourth-order valence-corrected chi connectivity index (χ4v) is 5.60. The van der Waals surface area contributed by atoms with E-state index in [9.17, 15) is 24.3 Å². The van der Waals surface area contributed by atoms with E-state index in [2.05, 4.69) is 10.3 Å². The molecule has 1 saturated heterocycles. The maximum atomic E-state index is 12.9. The number of thioether (sulfide) groups is 1. The molecule has 2 aliphatic rings. The number of nitrogen functional groups attached to an aromatic ring is 1. The highest BCUT2D eigenvalue weighted by molar-refractivity contribution is 8.00. The third kappa shape index (κ3) is 4.65. The van der Waals surface area contributed by atoms with Gasteiger partial charge in [0.25, 0.3) is 11.8 Å². The largest absolute Gasteiger partial charge is 0.481 e. The summed E-state index contributed by atoms with van der Waals surface area (Å²) in [6.07, 6.45) is 4.40. The Balaban J connectivity index is 1.54. The van der Waals surface area contributed by atoms with Crippen LogP contribution in [-0.4, -0.2) is 61.0 Å². The zero-order valence-electron chi connectivity index (χ0n) is 17.6. The molecule has 4 rings (SSSR count). The minimum atomic E-state index is -1.21. The predicted octanol–water partition coefficient (Wildman–Crippen LogP) is 0.310. The summed E-state index contributed by atoms with van der Waals surface area (Å²) in [5.74, 6) is -3.21. The van der Waals surface area contributed by atoms with Gasteiger partial charge in [-0.15, -0.1) is 23.1 Å². The van der Waals surface area contributed by atoms with Crippen molar-refractivity contribution in [2.75, 3.05) is 11.5 Å². The number of fused-ring (bicyclic) bond motifs is 1. The molecule has 13 heteroatoms. The van der Waals surface area contributed by atoms with Crippen LogP contribution in [0.5, 0.6) is 0 Å². The molecule has 0 unspecified atom stereocenters. The maximum Gasteiger partial charge on any atom is 0.352 e. The van der Waals surface area contributed by atoms with Gasteiger partial charge in [-0.3, -0.25) is 19.3 Å². The highest BCUT2D eigenvalue weighted by atomic mass is 32.2. The lowest BCUT2D eigenvalue weighted by Crippen LogP contribution is -2.70. The molecule has 2 aliphatic heterocycles. The summed E-state index contributed by atoms with van der Waals surface area (Å²) in [5.41, 5.74) is 6.33. The molecular formula is C21H20N5O6S2+. The van der Waals surface area contributed by atoms with Gasteiger partial charge in [0.15, 0.2) is 24.1 Å². The van der Waals surface area contributed by atoms with Gasteiger partial charge in [-0.25, -0.2) is 14.3 Å². The average Bonchev–Trinajstić information content (AvgIpc) is 3.23. The van der Waals surface area contributed by atoms with E-state index in [1.165, 1.54) is 28.1 Å². The number of nitrogens with zero attached hydrogens (tertiary/aromatic N) is 3. The minimum absolute atomic E-state index is 0.0161. The van der Waals surface area contributed by atoms with Crippen molar-refractivity contribution in [3.8, 4) is 0 Å². The molecule has 34 heavy (non-hydrogen) atoms. The molecule has 0 aliphatic carbocycles. The summed E-state index contributed by atoms with van der Waals surface area (Å²) < 4.78 is 1.82. The van der Waals surface area contributed by atoms with Crippen molar-refractivity contribution in [1.29, 1.82) is 0 Å². The molecule has 0 aromatic carbocycles. The van der Waals surface area contributed by atoms with E-state index >= 15 is 0 Å². The Bertz CT molecular complexity index is 1230. The molecule has 2 aromatic heterocycles. The number of anilines is 1. The van der Waals surface area contributed by atoms with Gasteiger partial charge in [0.05, 0.1) is 17.7 Å². The Morgan fingerprint density at radius 2 is 2.00 bits per heavy atom. The van der Waals surface area contributed by atoms with E-state index < -0.39 is 41.6 Å². The van der Waals surface area contributed by atoms with Crippen molar-refractivity contribution >= 4 is 57.6 Å². The lowest BCUT2D eigenvalue weighted by atomic mass is 10.0. The molecule has 0 radical (unpaired) electrons. The van der Waals surface area contributed by atoms with Gasteiger partial charge in [-0.1, -0.05) is 12.1 Å². The first-order valence-electron chi connectivity index (χ1n) is 10.0. The minimum Gasteiger partial charge on any atom is -0.481 e. The number of amides is 2. The van der Waals surface area contributed by atoms with E-state index in [1.54, 1.807) is 12.4 Å². The van der Waals surface area contributed by atoms with Gasteiger partial charge in [-0.2, -0.15) is 0 Å². The second-order valence-electron chi connectivity index (χ2n) is 7.45. The SMILES string of the molecule is Nc1nc(/C(=C\CC(=O)O)C(=O)N[C@@H]2C(=O)N3C(C(=O)O)=C(C[n+]4ccccc4)CS[C@H]23)cs1. The second-order valence-corrected chi connectivity index (χ2v) is 9.45. The van der Waals surface area contributed by atoms with E-state index in [1.807, 2.05) is 22.8 Å². The number of pyridine rings is 1. The van der Waals surface area contributed by atoms with Crippen molar-refractivity contribution in [3.63, 3.8) is 0 Å². The molecule has 4 heterocycles. The van der Waals surface area contributed by atoms with Crippen LogP contribution >= 0.6 is 23.1 Å². The number of carbonyl (C=O) groups excluding carboxylic acids is 2. The lowest BCUT2D eigenvalue weighted by molar-refractivity contribution is -0.689. The lowest BCUT2D eigenvalue weighted by Gasteiger charge is -2.49. The Hall–Kier alpha value is -3.71. The summed E-state index contributed by atoms with van der Waals surface area (Å²) in [6, 6.07) is 4.54. The van der Waals surface area contributed by atoms with Crippen molar-refractivity contribution in [1.82, 2.24) is 15.2 Å². The summed E-state index contributed by atoms with van der Waals surface area (Å²) >= 11 is 2.45. The number of hydrogen-bond acceptors (Lipinski definition) is 8. The smallest absolute Gasteiger partial charge is 0.352 e. The van der Waals surface area contributed by atoms with E-state index in [0.29, 0.717) is 17.9 Å². The van der Waals surface area contributed by atoms with Crippen LogP contribution in [0.1, 0.15) is 12.1 Å². The third-order valence-corrected chi connectivity index (χ3v) is 7.22. The van der Waals surface area contributed by atoms with Gasteiger partial charge in [0, 0.05) is 28.8 Å². The quantitative estimate of drug-likeness (QED) is 0.226. The number of β-lactam (4-membered cyclic amide) rings is 1. The van der Waals surface area contributed by atoms with Crippen LogP contribution < -0.4 is 15.6 Å². The number of rotatable bonds is 8. The Morgan fingerprint density at radius 3 is 2.62 bits per heavy atom. The van der Waals surface area contributed by atoms with Crippen LogP contribution in [0.25, 0.3) is 5.57 Å². The number of nitrogens with one attached hydrogen (secondary N) is 1. The maximum absolute atomic E-state index is 12.9. The average molecular weight is 503 g/mol. The Labute approximate surface area is 201 Å². The van der Waals surface area contributed by atoms with Crippen LogP contribution in [0, 0.1) is 0 Å². The van der Waals surface area contributed by atoms with Gasteiger partial charge in [-0.05, 0) is 0 Å². The zero-order valence-corrected chi connectivity index (χ0v) is 19.2. The van der Waals surface area contributed by atoms with Gasteiger partial charge >= 0.3 is 11.9 Å². The number of carboxylic acid groups (broad SMARTS) is 2. The zero-order chi connectivity index (χ0) is 24.4. The fraction of sp³-hybridized carbons (Fsp3) is 0.238. The molecule has 176 valence electrons. The van der Waals surface area contributed by atoms with Crippen LogP contribution in [0.15, 0.2) is 53.3 Å². The summed E-state index contributed by atoms with van der Waals surface area (Å²) in [5, 5.41) is 22.6. The highest BCUT2D eigenvalue weighted by Gasteiger charge is 2.54. The monoisotopic (exact) mass is 502 g/mol. The number of aromatic nitrogens is 2. The second kappa shape index (κ2) is 9.65. The molecule has 0 saturated carbocycles. The molecule has 5 N–H and O–H groups in total. The molecule has 2 atom stereocenters. The van der Waals surface area contributed by atoms with Gasteiger partial charge < -0.3 is 21.3 Å². The first-order chi connectivity index (χ1) is 16.3. The molecule has 2 aromatic rings. The molecular weight excluding hydrogens is 482 g/mol. The molecule has 1 fully saturated rings. The first kappa shape index (κ1) is 23.4. The fourth-order valence-electron chi connectivity index (χ4n) is 3.70. The van der Waals surface area contributed by atoms with Crippen molar-refractivity contribution < 1.29 is 34.0 Å². The normalized spacial score (nSPS) is 19.9. The molecule has 0 spiro atoms. The third-order valence-electron chi connectivity index (χ3n) is 5.21. The standard InChI is InChI=1S/C21H19N5O6S2/c22-21-23-13(10-34-21)12(4-5-14(27)28)17(29)24-15-18(30)26-16(20(31)32)11(9-33-19(15)26)8-25-6-2-1-3-7-25/h1-4,6-7,10,15,19H,5,8-9H2,(H4-,22,23,24,27,28,29,31,32)/p+1/b12-4+/t15-,19-/m1/s1. The number of nitrogens with two attached hydrogens (primary N) is 1. The van der Waals surface area contributed by atoms with E-state index in [0.717, 1.165) is 11.3 Å². The van der Waals surface area contributed by atoms with Gasteiger partial charge in [0.2, 0.25) is 0 Å². The number of carboxylic acids is 2. The highest BCUT2D eigenvalue weighted by Crippen LogP contribution is 2.40. The molecule has 2 amide bonds. The van der Waals surface area contributed by atoms with Crippen molar-refractivity contribution in [3.05, 3.63) is 59.0 Å². The Kier molecular flexibility index (Phi) is 6.65. The predicted molar refractivity (Wildman–Crippen MR) is 123 cm³/mol. The summed E-state index contributed by atoms with van der Waals surface area (Å²) in [6.45, 7) is 0.316. The van der Waals surface area contributed by atoms with Crippen LogP contribution in [0.3, 0.4) is 0 Å². The number of thiazole rings is 1. The van der Waals surface area contributed by atoms with Crippen LogP contribution in [0.4, 0.5) is 5.13 Å². The summed E-state index contributed by atoms with van der Waals surface area (Å²) in [4.78, 5) is 54.1. The number of carbonyl (C=O) groups is 4. The van der Waals surface area contributed by atoms with Crippen molar-refractivity contribution in [2.24, 2.45) is 0 Å². The van der Waals surface area contributed by atoms with E-state index in [4.69, 9.17) is 10.8 Å². The molecule has 11 nitrogen and oxygen atoms in total. The number of hydrogen-bond donors (Lipinski definition) is 4.